The molecule has 0 unspecified atom stereocenters. The van der Waals surface area contributed by atoms with Crippen molar-refractivity contribution >= 4 is 27.6 Å². The summed E-state index contributed by atoms with van der Waals surface area (Å²) in [6.07, 6.45) is 3.64. The van der Waals surface area contributed by atoms with Gasteiger partial charge < -0.3 is 19.9 Å². The predicted octanol–water partition coefficient (Wildman–Crippen LogP) is 1.16. The number of piperazine rings is 1. The summed E-state index contributed by atoms with van der Waals surface area (Å²) in [4.78, 5) is 16.3. The molecule has 0 aromatic rings. The molecule has 124 valence electrons. The van der Waals surface area contributed by atoms with Gasteiger partial charge in [-0.1, -0.05) is 21.6 Å². The molecule has 7 heteroatoms. The summed E-state index contributed by atoms with van der Waals surface area (Å²) >= 11 is 0. The van der Waals surface area contributed by atoms with Gasteiger partial charge in [0.25, 0.3) is 0 Å². The summed E-state index contributed by atoms with van der Waals surface area (Å²) in [5.41, 5.74) is 0. The topological polar surface area (TPSA) is 44.8 Å². The van der Waals surface area contributed by atoms with Gasteiger partial charge in [0.15, 0.2) is 0 Å². The van der Waals surface area contributed by atoms with E-state index in [4.69, 9.17) is 4.74 Å². The van der Waals surface area contributed by atoms with Gasteiger partial charge in [0.2, 0.25) is 0 Å². The van der Waals surface area contributed by atoms with Crippen LogP contribution in [0.4, 0.5) is 0 Å². The van der Waals surface area contributed by atoms with Gasteiger partial charge in [-0.05, 0) is 32.8 Å². The van der Waals surface area contributed by atoms with Crippen molar-refractivity contribution < 1.29 is 9.53 Å². The highest BCUT2D eigenvalue weighted by Gasteiger charge is 2.12. The first-order valence-corrected chi connectivity index (χ1v) is 10.4. The molecule has 1 aliphatic heterocycles. The van der Waals surface area contributed by atoms with E-state index in [9.17, 15) is 4.79 Å². The van der Waals surface area contributed by atoms with Crippen molar-refractivity contribution in [1.82, 2.24) is 15.1 Å². The smallest absolute Gasteiger partial charge is 0.307 e. The fourth-order valence-electron chi connectivity index (χ4n) is 2.16. The lowest BCUT2D eigenvalue weighted by Gasteiger charge is -2.32. The Labute approximate surface area is 136 Å². The molecule has 1 rings (SSSR count). The number of nitrogens with zero attached hydrogens (tertiary/aromatic N) is 2. The molecule has 1 fully saturated rings. The normalized spacial score (nSPS) is 17.0. The molecule has 1 N–H and O–H groups in total. The Morgan fingerprint density at radius 3 is 2.71 bits per heavy atom. The first-order valence-electron chi connectivity index (χ1n) is 7.65. The summed E-state index contributed by atoms with van der Waals surface area (Å²) in [6.45, 7) is 8.07. The van der Waals surface area contributed by atoms with Crippen LogP contribution in [0.5, 0.6) is 0 Å². The van der Waals surface area contributed by atoms with Gasteiger partial charge in [-0.2, -0.15) is 0 Å². The third-order valence-electron chi connectivity index (χ3n) is 3.48. The lowest BCUT2D eigenvalue weighted by molar-refractivity contribution is -0.142. The van der Waals surface area contributed by atoms with Crippen LogP contribution in [0, 0.1) is 0 Å². The summed E-state index contributed by atoms with van der Waals surface area (Å²) in [6, 6.07) is 0. The zero-order valence-corrected chi connectivity index (χ0v) is 14.9. The molecular formula is C14H29N3O2S2. The third kappa shape index (κ3) is 10.4. The number of rotatable bonds is 11. The van der Waals surface area contributed by atoms with E-state index >= 15 is 0 Å². The first kappa shape index (κ1) is 19.1. The fraction of sp³-hybridized carbons (Fsp3) is 0.929. The van der Waals surface area contributed by atoms with Crippen molar-refractivity contribution in [2.24, 2.45) is 0 Å². The molecule has 21 heavy (non-hydrogen) atoms. The van der Waals surface area contributed by atoms with E-state index in [1.54, 1.807) is 21.6 Å². The Bertz CT molecular complexity index is 275. The van der Waals surface area contributed by atoms with Gasteiger partial charge in [-0.3, -0.25) is 4.79 Å². The Kier molecular flexibility index (Phi) is 11.4. The highest BCUT2D eigenvalue weighted by Crippen LogP contribution is 2.15. The summed E-state index contributed by atoms with van der Waals surface area (Å²) in [5.74, 6) is 0.772. The van der Waals surface area contributed by atoms with Crippen molar-refractivity contribution in [2.75, 3.05) is 71.5 Å². The van der Waals surface area contributed by atoms with Crippen LogP contribution < -0.4 is 5.32 Å². The summed E-state index contributed by atoms with van der Waals surface area (Å²) < 4.78 is 5.13. The van der Waals surface area contributed by atoms with E-state index in [-0.39, 0.29) is 5.97 Å². The molecule has 0 saturated carbocycles. The Morgan fingerprint density at radius 1 is 1.24 bits per heavy atom. The molecule has 1 heterocycles. The molecule has 1 saturated heterocycles. The van der Waals surface area contributed by atoms with E-state index in [2.05, 4.69) is 22.2 Å². The maximum Gasteiger partial charge on any atom is 0.307 e. The van der Waals surface area contributed by atoms with Crippen molar-refractivity contribution in [3.8, 4) is 0 Å². The quantitative estimate of drug-likeness (QED) is 0.345. The number of carbonyl (C=O) groups excluding carboxylic acids is 1. The zero-order valence-electron chi connectivity index (χ0n) is 13.3. The molecule has 0 atom stereocenters. The molecule has 0 aliphatic carbocycles. The molecule has 1 aliphatic rings. The maximum absolute atomic E-state index is 11.4. The number of carbonyl (C=O) groups is 1. The number of hydrogen-bond acceptors (Lipinski definition) is 7. The van der Waals surface area contributed by atoms with Crippen LogP contribution in [-0.4, -0.2) is 87.2 Å². The van der Waals surface area contributed by atoms with Crippen LogP contribution in [0.1, 0.15) is 12.8 Å². The minimum Gasteiger partial charge on any atom is -0.465 e. The van der Waals surface area contributed by atoms with Crippen molar-refractivity contribution in [3.05, 3.63) is 0 Å². The van der Waals surface area contributed by atoms with E-state index in [1.165, 1.54) is 26.2 Å². The second-order valence-electron chi connectivity index (χ2n) is 5.21. The Hall–Kier alpha value is 0.0500. The summed E-state index contributed by atoms with van der Waals surface area (Å²) in [5, 5.41) is 3.32. The van der Waals surface area contributed by atoms with Gasteiger partial charge in [0, 0.05) is 38.5 Å². The van der Waals surface area contributed by atoms with E-state index < -0.39 is 0 Å². The van der Waals surface area contributed by atoms with Crippen molar-refractivity contribution in [3.63, 3.8) is 0 Å². The highest BCUT2D eigenvalue weighted by atomic mass is 33.1. The Balaban J connectivity index is 1.84. The van der Waals surface area contributed by atoms with Crippen LogP contribution in [0.2, 0.25) is 0 Å². The minimum atomic E-state index is -0.0942. The average molecular weight is 336 g/mol. The number of hydrogen-bond donors (Lipinski definition) is 1. The second-order valence-corrected chi connectivity index (χ2v) is 7.89. The zero-order chi connectivity index (χ0) is 15.3. The van der Waals surface area contributed by atoms with Gasteiger partial charge >= 0.3 is 5.97 Å². The molecule has 0 aromatic heterocycles. The summed E-state index contributed by atoms with van der Waals surface area (Å²) in [7, 11) is 5.59. The molecule has 0 bridgehead atoms. The number of nitrogens with one attached hydrogen (secondary N) is 1. The molecular weight excluding hydrogens is 306 g/mol. The lowest BCUT2D eigenvalue weighted by Crippen LogP contribution is -2.45. The number of esters is 1. The van der Waals surface area contributed by atoms with Gasteiger partial charge in [-0.15, -0.1) is 0 Å². The van der Waals surface area contributed by atoms with Crippen LogP contribution in [0.15, 0.2) is 0 Å². The highest BCUT2D eigenvalue weighted by molar-refractivity contribution is 8.76. The molecule has 0 aromatic carbocycles. The fourth-order valence-corrected chi connectivity index (χ4v) is 3.18. The van der Waals surface area contributed by atoms with Crippen molar-refractivity contribution in [1.29, 1.82) is 0 Å². The van der Waals surface area contributed by atoms with Crippen LogP contribution >= 0.6 is 21.6 Å². The largest absolute Gasteiger partial charge is 0.465 e. The van der Waals surface area contributed by atoms with Crippen molar-refractivity contribution in [2.45, 2.75) is 12.8 Å². The number of ether oxygens (including phenoxy) is 1. The maximum atomic E-state index is 11.4. The van der Waals surface area contributed by atoms with Crippen LogP contribution in [0.25, 0.3) is 0 Å². The van der Waals surface area contributed by atoms with E-state index in [0.717, 1.165) is 31.8 Å². The van der Waals surface area contributed by atoms with E-state index in [0.29, 0.717) is 13.0 Å². The average Bonchev–Trinajstić information content (AvgIpc) is 2.49. The second kappa shape index (κ2) is 12.6. The van der Waals surface area contributed by atoms with E-state index in [1.807, 2.05) is 6.26 Å². The first-order chi connectivity index (χ1) is 10.2. The van der Waals surface area contributed by atoms with Gasteiger partial charge in [0.1, 0.15) is 6.61 Å². The number of likely N-dealkylation sites (N-methyl/N-ethyl adjacent to an activating group) is 1. The Morgan fingerprint density at radius 2 is 2.00 bits per heavy atom. The molecule has 0 spiro atoms. The third-order valence-corrected chi connectivity index (χ3v) is 5.25. The van der Waals surface area contributed by atoms with Gasteiger partial charge in [-0.25, -0.2) is 0 Å². The van der Waals surface area contributed by atoms with Crippen LogP contribution in [-0.2, 0) is 9.53 Å². The molecule has 0 amide bonds. The van der Waals surface area contributed by atoms with Crippen LogP contribution in [0.3, 0.4) is 0 Å². The predicted molar refractivity (Wildman–Crippen MR) is 93.0 cm³/mol. The monoisotopic (exact) mass is 335 g/mol. The SMILES string of the molecule is CSSCCOC(=O)CCNCCCN1CCN(C)CC1. The minimum absolute atomic E-state index is 0.0942. The lowest BCUT2D eigenvalue weighted by atomic mass is 10.3. The standard InChI is InChI=1S/C14H29N3O2S2/c1-16-8-10-17(11-9-16)7-3-5-15-6-4-14(18)19-12-13-21-20-2/h15H,3-13H2,1-2H3. The molecule has 0 radical (unpaired) electrons. The van der Waals surface area contributed by atoms with Gasteiger partial charge in [0.05, 0.1) is 6.42 Å². The molecule has 5 nitrogen and oxygen atoms in total.